The van der Waals surface area contributed by atoms with Crippen molar-refractivity contribution in [3.63, 3.8) is 0 Å². The fourth-order valence-corrected chi connectivity index (χ4v) is 2.34. The third-order valence-electron chi connectivity index (χ3n) is 2.82. The minimum Gasteiger partial charge on any atom is -0.338 e. The molecule has 4 nitrogen and oxygen atoms in total. The van der Waals surface area contributed by atoms with Crippen molar-refractivity contribution in [2.45, 2.75) is 45.7 Å². The Kier molecular flexibility index (Phi) is 5.08. The Labute approximate surface area is 107 Å². The van der Waals surface area contributed by atoms with Gasteiger partial charge in [-0.05, 0) is 20.3 Å². The molecule has 0 radical (unpaired) electrons. The van der Waals surface area contributed by atoms with Crippen molar-refractivity contribution in [1.29, 1.82) is 0 Å². The van der Waals surface area contributed by atoms with E-state index >= 15 is 0 Å². The second-order valence-corrected chi connectivity index (χ2v) is 5.30. The van der Waals surface area contributed by atoms with Gasteiger partial charge in [0.05, 0.1) is 6.04 Å². The third-order valence-corrected chi connectivity index (χ3v) is 3.86. The van der Waals surface area contributed by atoms with E-state index in [-0.39, 0.29) is 18.0 Å². The summed E-state index contributed by atoms with van der Waals surface area (Å²) < 4.78 is 0. The molecule has 0 aliphatic heterocycles. The number of aromatic nitrogens is 1. The lowest BCUT2D eigenvalue weighted by molar-refractivity contribution is 0.0731. The molecule has 0 aliphatic rings. The summed E-state index contributed by atoms with van der Waals surface area (Å²) in [7, 11) is 1.83. The second-order valence-electron chi connectivity index (χ2n) is 4.41. The third kappa shape index (κ3) is 3.51. The molecule has 1 heterocycles. The highest BCUT2D eigenvalue weighted by Gasteiger charge is 2.20. The molecule has 2 unspecified atom stereocenters. The Morgan fingerprint density at radius 3 is 2.71 bits per heavy atom. The molecule has 2 atom stereocenters. The highest BCUT2D eigenvalue weighted by molar-refractivity contribution is 7.09. The van der Waals surface area contributed by atoms with Gasteiger partial charge in [-0.1, -0.05) is 13.3 Å². The van der Waals surface area contributed by atoms with Crippen LogP contribution in [0.2, 0.25) is 0 Å². The molecule has 0 fully saturated rings. The van der Waals surface area contributed by atoms with E-state index in [4.69, 9.17) is 5.73 Å². The van der Waals surface area contributed by atoms with Crippen LogP contribution in [0.3, 0.4) is 0 Å². The van der Waals surface area contributed by atoms with Gasteiger partial charge in [-0.3, -0.25) is 4.79 Å². The number of rotatable bonds is 5. The first-order valence-electron chi connectivity index (χ1n) is 5.95. The van der Waals surface area contributed by atoms with Gasteiger partial charge in [0, 0.05) is 18.5 Å². The van der Waals surface area contributed by atoms with E-state index in [1.54, 1.807) is 10.3 Å². The van der Waals surface area contributed by atoms with Crippen LogP contribution in [0.5, 0.6) is 0 Å². The predicted molar refractivity (Wildman–Crippen MR) is 71.2 cm³/mol. The summed E-state index contributed by atoms with van der Waals surface area (Å²) in [6.45, 7) is 6.04. The van der Waals surface area contributed by atoms with Crippen LogP contribution in [0.1, 0.15) is 55.2 Å². The topological polar surface area (TPSA) is 59.2 Å². The van der Waals surface area contributed by atoms with Crippen molar-refractivity contribution >= 4 is 17.2 Å². The van der Waals surface area contributed by atoms with Crippen LogP contribution in [0, 0.1) is 0 Å². The van der Waals surface area contributed by atoms with E-state index in [9.17, 15) is 4.79 Å². The second kappa shape index (κ2) is 6.12. The lowest BCUT2D eigenvalue weighted by Gasteiger charge is -2.23. The first kappa shape index (κ1) is 14.1. The monoisotopic (exact) mass is 255 g/mol. The fraction of sp³-hybridized carbons (Fsp3) is 0.667. The number of hydrogen-bond acceptors (Lipinski definition) is 4. The van der Waals surface area contributed by atoms with Crippen LogP contribution in [-0.4, -0.2) is 28.9 Å². The molecular weight excluding hydrogens is 234 g/mol. The molecule has 1 aromatic rings. The first-order chi connectivity index (χ1) is 7.97. The van der Waals surface area contributed by atoms with Crippen LogP contribution >= 0.6 is 11.3 Å². The van der Waals surface area contributed by atoms with Gasteiger partial charge in [-0.2, -0.15) is 0 Å². The summed E-state index contributed by atoms with van der Waals surface area (Å²) in [6.07, 6.45) is 2.08. The number of thiazole rings is 1. The average molecular weight is 255 g/mol. The maximum absolute atomic E-state index is 12.1. The lowest BCUT2D eigenvalue weighted by Crippen LogP contribution is -2.35. The Bertz CT molecular complexity index is 376. The zero-order valence-corrected chi connectivity index (χ0v) is 11.8. The molecule has 0 saturated heterocycles. The van der Waals surface area contributed by atoms with Gasteiger partial charge in [-0.15, -0.1) is 11.3 Å². The van der Waals surface area contributed by atoms with Gasteiger partial charge in [0.15, 0.2) is 0 Å². The average Bonchev–Trinajstić information content (AvgIpc) is 2.76. The molecule has 0 spiro atoms. The predicted octanol–water partition coefficient (Wildman–Crippen LogP) is 2.42. The summed E-state index contributed by atoms with van der Waals surface area (Å²) in [5.74, 6) is -0.0194. The molecule has 0 aromatic carbocycles. The van der Waals surface area contributed by atoms with E-state index < -0.39 is 0 Å². The molecule has 17 heavy (non-hydrogen) atoms. The van der Waals surface area contributed by atoms with Crippen molar-refractivity contribution < 1.29 is 4.79 Å². The van der Waals surface area contributed by atoms with Crippen LogP contribution in [-0.2, 0) is 0 Å². The zero-order chi connectivity index (χ0) is 13.0. The first-order valence-corrected chi connectivity index (χ1v) is 6.83. The maximum atomic E-state index is 12.1. The SMILES string of the molecule is CCCC(C)N(C)C(=O)c1csc(C(C)N)n1. The number of carbonyl (C=O) groups excluding carboxylic acids is 1. The smallest absolute Gasteiger partial charge is 0.273 e. The normalized spacial score (nSPS) is 14.4. The minimum absolute atomic E-state index is 0.0194. The number of carbonyl (C=O) groups is 1. The maximum Gasteiger partial charge on any atom is 0.273 e. The van der Waals surface area contributed by atoms with Gasteiger partial charge in [0.1, 0.15) is 10.7 Å². The molecule has 0 aliphatic carbocycles. The fourth-order valence-electron chi connectivity index (χ4n) is 1.59. The number of hydrogen-bond donors (Lipinski definition) is 1. The molecule has 5 heteroatoms. The van der Waals surface area contributed by atoms with Gasteiger partial charge >= 0.3 is 0 Å². The van der Waals surface area contributed by atoms with E-state index in [2.05, 4.69) is 18.8 Å². The summed E-state index contributed by atoms with van der Waals surface area (Å²) in [5.41, 5.74) is 6.24. The Hall–Kier alpha value is -0.940. The van der Waals surface area contributed by atoms with Crippen LogP contribution in [0.15, 0.2) is 5.38 Å². The minimum atomic E-state index is -0.111. The quantitative estimate of drug-likeness (QED) is 0.879. The van der Waals surface area contributed by atoms with Crippen molar-refractivity contribution in [3.05, 3.63) is 16.1 Å². The summed E-state index contributed by atoms with van der Waals surface area (Å²) in [4.78, 5) is 18.2. The van der Waals surface area contributed by atoms with Crippen molar-refractivity contribution in [2.24, 2.45) is 5.73 Å². The van der Waals surface area contributed by atoms with Crippen molar-refractivity contribution in [3.8, 4) is 0 Å². The highest BCUT2D eigenvalue weighted by Crippen LogP contribution is 2.18. The van der Waals surface area contributed by atoms with E-state index in [0.717, 1.165) is 17.8 Å². The Morgan fingerprint density at radius 2 is 2.24 bits per heavy atom. The Balaban J connectivity index is 2.74. The lowest BCUT2D eigenvalue weighted by atomic mass is 10.1. The molecular formula is C12H21N3OS. The summed E-state index contributed by atoms with van der Waals surface area (Å²) >= 11 is 1.44. The van der Waals surface area contributed by atoms with Crippen LogP contribution in [0.4, 0.5) is 0 Å². The molecule has 2 N–H and O–H groups in total. The van der Waals surface area contributed by atoms with Gasteiger partial charge in [0.25, 0.3) is 5.91 Å². The number of amides is 1. The molecule has 0 saturated carbocycles. The highest BCUT2D eigenvalue weighted by atomic mass is 32.1. The summed E-state index contributed by atoms with van der Waals surface area (Å²) in [6, 6.07) is 0.132. The van der Waals surface area contributed by atoms with E-state index in [0.29, 0.717) is 5.69 Å². The molecule has 1 aromatic heterocycles. The van der Waals surface area contributed by atoms with Gasteiger partial charge < -0.3 is 10.6 Å². The zero-order valence-electron chi connectivity index (χ0n) is 10.9. The number of nitrogens with two attached hydrogens (primary N) is 1. The van der Waals surface area contributed by atoms with E-state index in [1.807, 2.05) is 14.0 Å². The van der Waals surface area contributed by atoms with Gasteiger partial charge in [-0.25, -0.2) is 4.98 Å². The molecule has 1 amide bonds. The molecule has 0 bridgehead atoms. The molecule has 96 valence electrons. The Morgan fingerprint density at radius 1 is 1.59 bits per heavy atom. The van der Waals surface area contributed by atoms with Crippen LogP contribution < -0.4 is 5.73 Å². The van der Waals surface area contributed by atoms with Crippen LogP contribution in [0.25, 0.3) is 0 Å². The largest absolute Gasteiger partial charge is 0.338 e. The van der Waals surface area contributed by atoms with Crippen molar-refractivity contribution in [2.75, 3.05) is 7.05 Å². The van der Waals surface area contributed by atoms with Crippen molar-refractivity contribution in [1.82, 2.24) is 9.88 Å². The van der Waals surface area contributed by atoms with Gasteiger partial charge in [0.2, 0.25) is 0 Å². The van der Waals surface area contributed by atoms with E-state index in [1.165, 1.54) is 11.3 Å². The summed E-state index contributed by atoms with van der Waals surface area (Å²) in [5, 5.41) is 2.60. The standard InChI is InChI=1S/C12H21N3OS/c1-5-6-8(2)15(4)12(16)10-7-17-11(14-10)9(3)13/h7-9H,5-6,13H2,1-4H3. The molecule has 1 rings (SSSR count). The number of nitrogens with zero attached hydrogens (tertiary/aromatic N) is 2.